The van der Waals surface area contributed by atoms with Crippen molar-refractivity contribution >= 4 is 0 Å². The van der Waals surface area contributed by atoms with Crippen LogP contribution >= 0.6 is 0 Å². The number of nitrogens with one attached hydrogen (secondary N) is 1. The third-order valence-electron chi connectivity index (χ3n) is 1.45. The van der Waals surface area contributed by atoms with Crippen LogP contribution in [0.25, 0.3) is 0 Å². The number of hydrogen-bond acceptors (Lipinski definition) is 0. The molecule has 0 radical (unpaired) electrons. The van der Waals surface area contributed by atoms with Gasteiger partial charge in [-0.25, -0.2) is 0 Å². The van der Waals surface area contributed by atoms with Crippen LogP contribution in [0, 0.1) is 6.92 Å². The highest BCUT2D eigenvalue weighted by atomic mass is 14.7. The molecule has 1 heteroatoms. The quantitative estimate of drug-likeness (QED) is 0.615. The largest absolute Gasteiger partial charge is 0.365 e. The molecule has 0 saturated carbocycles. The van der Waals surface area contributed by atoms with Crippen molar-refractivity contribution in [1.82, 2.24) is 4.98 Å². The molecule has 10 heavy (non-hydrogen) atoms. The molecule has 0 fully saturated rings. The molecule has 0 aromatic carbocycles. The van der Waals surface area contributed by atoms with Crippen LogP contribution in [0.3, 0.4) is 0 Å². The van der Waals surface area contributed by atoms with Gasteiger partial charge >= 0.3 is 0 Å². The number of aryl methyl sites for hydroxylation is 2. The van der Waals surface area contributed by atoms with Crippen molar-refractivity contribution in [2.45, 2.75) is 34.1 Å². The lowest BCUT2D eigenvalue weighted by Crippen LogP contribution is -1.77. The fourth-order valence-corrected chi connectivity index (χ4v) is 0.868. The minimum Gasteiger partial charge on any atom is -0.365 e. The summed E-state index contributed by atoms with van der Waals surface area (Å²) in [5.41, 5.74) is 2.72. The summed E-state index contributed by atoms with van der Waals surface area (Å²) < 4.78 is 0. The van der Waals surface area contributed by atoms with Crippen LogP contribution in [0.15, 0.2) is 12.3 Å². The van der Waals surface area contributed by atoms with Crippen molar-refractivity contribution in [3.8, 4) is 0 Å². The van der Waals surface area contributed by atoms with Crippen molar-refractivity contribution in [3.05, 3.63) is 23.5 Å². The minimum absolute atomic E-state index is 1.13. The lowest BCUT2D eigenvalue weighted by Gasteiger charge is -1.88. The lowest BCUT2D eigenvalue weighted by molar-refractivity contribution is 1.10. The van der Waals surface area contributed by atoms with E-state index in [9.17, 15) is 0 Å². The van der Waals surface area contributed by atoms with Gasteiger partial charge in [0.05, 0.1) is 0 Å². The van der Waals surface area contributed by atoms with Crippen molar-refractivity contribution < 1.29 is 0 Å². The fourth-order valence-electron chi connectivity index (χ4n) is 0.868. The Kier molecular flexibility index (Phi) is 4.73. The second kappa shape index (κ2) is 5.10. The van der Waals surface area contributed by atoms with E-state index in [4.69, 9.17) is 0 Å². The zero-order chi connectivity index (χ0) is 7.98. The molecule has 1 aromatic rings. The normalized spacial score (nSPS) is 8.40. The summed E-state index contributed by atoms with van der Waals surface area (Å²) in [6.45, 7) is 8.26. The van der Waals surface area contributed by atoms with Gasteiger partial charge in [0, 0.05) is 11.9 Å². The predicted octanol–water partition coefficient (Wildman–Crippen LogP) is 2.91. The van der Waals surface area contributed by atoms with Gasteiger partial charge in [0.1, 0.15) is 0 Å². The summed E-state index contributed by atoms with van der Waals surface area (Å²) in [5, 5.41) is 0. The molecule has 0 amide bonds. The van der Waals surface area contributed by atoms with Crippen LogP contribution < -0.4 is 0 Å². The maximum Gasteiger partial charge on any atom is 0.0147 e. The Morgan fingerprint density at radius 3 is 2.20 bits per heavy atom. The highest BCUT2D eigenvalue weighted by Gasteiger charge is 1.91. The molecule has 0 aliphatic heterocycles. The number of H-pyrrole nitrogens is 1. The molecule has 1 heterocycles. The Morgan fingerprint density at radius 2 is 2.00 bits per heavy atom. The topological polar surface area (TPSA) is 15.8 Å². The van der Waals surface area contributed by atoms with E-state index in [1.54, 1.807) is 0 Å². The summed E-state index contributed by atoms with van der Waals surface area (Å²) in [4.78, 5) is 3.12. The van der Waals surface area contributed by atoms with E-state index in [2.05, 4.69) is 24.9 Å². The van der Waals surface area contributed by atoms with Crippen molar-refractivity contribution in [2.24, 2.45) is 0 Å². The molecule has 58 valence electrons. The molecular formula is C9H17N. The van der Waals surface area contributed by atoms with Crippen LogP contribution in [0.1, 0.15) is 32.0 Å². The third-order valence-corrected chi connectivity index (χ3v) is 1.45. The molecule has 0 aliphatic carbocycles. The molecule has 1 rings (SSSR count). The lowest BCUT2D eigenvalue weighted by atomic mass is 10.2. The first-order valence-electron chi connectivity index (χ1n) is 3.97. The third kappa shape index (κ3) is 2.26. The van der Waals surface area contributed by atoms with Gasteiger partial charge in [-0.1, -0.05) is 20.8 Å². The van der Waals surface area contributed by atoms with Gasteiger partial charge in [-0.3, -0.25) is 0 Å². The molecule has 0 spiro atoms. The van der Waals surface area contributed by atoms with Gasteiger partial charge in [0.15, 0.2) is 0 Å². The Labute approximate surface area is 63.5 Å². The first-order chi connectivity index (χ1) is 4.84. The Balaban J connectivity index is 0.000000371. The standard InChI is InChI=1S/C7H11N.C2H6/c1-3-7-4-5-8-6(7)2;1-2/h4-5,8H,3H2,1-2H3;1-2H3. The van der Waals surface area contributed by atoms with E-state index < -0.39 is 0 Å². The maximum absolute atomic E-state index is 3.12. The van der Waals surface area contributed by atoms with E-state index in [-0.39, 0.29) is 0 Å². The van der Waals surface area contributed by atoms with E-state index in [0.717, 1.165) is 6.42 Å². The van der Waals surface area contributed by atoms with Crippen LogP contribution in [-0.2, 0) is 6.42 Å². The molecule has 0 bridgehead atoms. The van der Waals surface area contributed by atoms with Crippen molar-refractivity contribution in [1.29, 1.82) is 0 Å². The van der Waals surface area contributed by atoms with Crippen LogP contribution in [0.5, 0.6) is 0 Å². The Morgan fingerprint density at radius 1 is 1.40 bits per heavy atom. The van der Waals surface area contributed by atoms with Gasteiger partial charge in [0.2, 0.25) is 0 Å². The number of hydrogen-bond donors (Lipinski definition) is 1. The molecule has 1 N–H and O–H groups in total. The second-order valence-corrected chi connectivity index (χ2v) is 1.98. The summed E-state index contributed by atoms with van der Waals surface area (Å²) in [6, 6.07) is 2.12. The molecule has 1 nitrogen and oxygen atoms in total. The minimum atomic E-state index is 1.13. The first-order valence-corrected chi connectivity index (χ1v) is 3.97. The highest BCUT2D eigenvalue weighted by Crippen LogP contribution is 2.03. The summed E-state index contributed by atoms with van der Waals surface area (Å²) in [5.74, 6) is 0. The van der Waals surface area contributed by atoms with Crippen molar-refractivity contribution in [2.75, 3.05) is 0 Å². The fraction of sp³-hybridized carbons (Fsp3) is 0.556. The van der Waals surface area contributed by atoms with Gasteiger partial charge in [0.25, 0.3) is 0 Å². The van der Waals surface area contributed by atoms with Gasteiger partial charge in [-0.2, -0.15) is 0 Å². The molecule has 1 aromatic heterocycles. The van der Waals surface area contributed by atoms with Gasteiger partial charge in [-0.05, 0) is 25.0 Å². The van der Waals surface area contributed by atoms with Gasteiger partial charge < -0.3 is 4.98 Å². The molecule has 0 atom stereocenters. The first kappa shape index (κ1) is 9.28. The molecule has 0 saturated heterocycles. The van der Waals surface area contributed by atoms with Crippen LogP contribution in [-0.4, -0.2) is 4.98 Å². The maximum atomic E-state index is 3.12. The second-order valence-electron chi connectivity index (χ2n) is 1.98. The molecule has 0 unspecified atom stereocenters. The summed E-state index contributed by atoms with van der Waals surface area (Å²) in [7, 11) is 0. The van der Waals surface area contributed by atoms with Crippen LogP contribution in [0.4, 0.5) is 0 Å². The van der Waals surface area contributed by atoms with E-state index in [1.807, 2.05) is 20.0 Å². The van der Waals surface area contributed by atoms with E-state index >= 15 is 0 Å². The number of aromatic amines is 1. The van der Waals surface area contributed by atoms with Gasteiger partial charge in [-0.15, -0.1) is 0 Å². The zero-order valence-corrected chi connectivity index (χ0v) is 7.36. The van der Waals surface area contributed by atoms with E-state index in [1.165, 1.54) is 11.3 Å². The SMILES string of the molecule is CC.CCc1cc[nH]c1C. The van der Waals surface area contributed by atoms with Crippen molar-refractivity contribution in [3.63, 3.8) is 0 Å². The monoisotopic (exact) mass is 139 g/mol. The smallest absolute Gasteiger partial charge is 0.0147 e. The average Bonchev–Trinajstić information content (AvgIpc) is 2.39. The van der Waals surface area contributed by atoms with E-state index in [0.29, 0.717) is 0 Å². The Bertz CT molecular complexity index is 165. The average molecular weight is 139 g/mol. The zero-order valence-electron chi connectivity index (χ0n) is 7.36. The summed E-state index contributed by atoms with van der Waals surface area (Å²) >= 11 is 0. The predicted molar refractivity (Wildman–Crippen MR) is 46.3 cm³/mol. The Hall–Kier alpha value is -0.720. The van der Waals surface area contributed by atoms with Crippen LogP contribution in [0.2, 0.25) is 0 Å². The number of aromatic nitrogens is 1. The molecule has 0 aliphatic rings. The summed E-state index contributed by atoms with van der Waals surface area (Å²) in [6.07, 6.45) is 3.11. The highest BCUT2D eigenvalue weighted by molar-refractivity contribution is 5.18. The molecular weight excluding hydrogens is 122 g/mol. The number of rotatable bonds is 1.